The van der Waals surface area contributed by atoms with E-state index in [1.165, 1.54) is 6.92 Å². The molecule has 0 saturated heterocycles. The van der Waals surface area contributed by atoms with Crippen molar-refractivity contribution in [1.82, 2.24) is 0 Å². The predicted molar refractivity (Wildman–Crippen MR) is 45.0 cm³/mol. The van der Waals surface area contributed by atoms with Crippen LogP contribution in [0.4, 0.5) is 0 Å². The second kappa shape index (κ2) is 7.84. The summed E-state index contributed by atoms with van der Waals surface area (Å²) in [6.07, 6.45) is 0.780. The summed E-state index contributed by atoms with van der Waals surface area (Å²) < 4.78 is 4.22. The van der Waals surface area contributed by atoms with Crippen molar-refractivity contribution in [3.8, 4) is 0 Å². The maximum atomic E-state index is 10.5. The van der Waals surface area contributed by atoms with Crippen LogP contribution in [0.2, 0.25) is 0 Å². The number of nitrogens with two attached hydrogens (primary N) is 1. The molecule has 0 radical (unpaired) electrons. The van der Waals surface area contributed by atoms with Crippen LogP contribution in [0.1, 0.15) is 19.8 Å². The SMILES string of the molecule is CC(=O)OC(=O)CCCN.[GaH3]. The molecule has 0 aliphatic heterocycles. The van der Waals surface area contributed by atoms with E-state index in [9.17, 15) is 9.59 Å². The van der Waals surface area contributed by atoms with E-state index in [-0.39, 0.29) is 26.2 Å². The third-order valence-corrected chi connectivity index (χ3v) is 0.843. The summed E-state index contributed by atoms with van der Waals surface area (Å²) in [6, 6.07) is 0. The van der Waals surface area contributed by atoms with Gasteiger partial charge in [-0.1, -0.05) is 0 Å². The van der Waals surface area contributed by atoms with Gasteiger partial charge in [-0.2, -0.15) is 0 Å². The molecule has 4 nitrogen and oxygen atoms in total. The van der Waals surface area contributed by atoms with Crippen LogP contribution in [-0.2, 0) is 14.3 Å². The Bertz CT molecular complexity index is 138. The van der Waals surface area contributed by atoms with Crippen molar-refractivity contribution in [2.24, 2.45) is 5.73 Å². The summed E-state index contributed by atoms with van der Waals surface area (Å²) in [5.41, 5.74) is 5.11. The normalized spacial score (nSPS) is 8.18. The molecule has 0 aliphatic carbocycles. The molecule has 0 atom stereocenters. The van der Waals surface area contributed by atoms with Gasteiger partial charge in [0.15, 0.2) is 0 Å². The van der Waals surface area contributed by atoms with Gasteiger partial charge < -0.3 is 10.5 Å². The van der Waals surface area contributed by atoms with Crippen LogP contribution < -0.4 is 5.73 Å². The molecule has 0 saturated carbocycles. The van der Waals surface area contributed by atoms with E-state index in [2.05, 4.69) is 4.74 Å². The Morgan fingerprint density at radius 2 is 2.00 bits per heavy atom. The van der Waals surface area contributed by atoms with Crippen LogP contribution >= 0.6 is 0 Å². The van der Waals surface area contributed by atoms with Gasteiger partial charge in [0, 0.05) is 13.3 Å². The fourth-order valence-corrected chi connectivity index (χ4v) is 0.458. The molecule has 0 heterocycles. The molecule has 0 amide bonds. The molecule has 2 N–H and O–H groups in total. The van der Waals surface area contributed by atoms with Gasteiger partial charge in [-0.15, -0.1) is 0 Å². The molecule has 0 unspecified atom stereocenters. The predicted octanol–water partition coefficient (Wildman–Crippen LogP) is -1.37. The van der Waals surface area contributed by atoms with E-state index in [4.69, 9.17) is 5.73 Å². The molecular formula is C6H14GaNO3. The number of ether oxygens (including phenoxy) is 1. The summed E-state index contributed by atoms with van der Waals surface area (Å²) in [6.45, 7) is 1.63. The zero-order valence-corrected chi connectivity index (χ0v) is 5.92. The molecule has 0 aromatic heterocycles. The summed E-state index contributed by atoms with van der Waals surface area (Å²) in [5, 5.41) is 0. The van der Waals surface area contributed by atoms with Gasteiger partial charge in [0.05, 0.1) is 0 Å². The molecular weight excluding hydrogens is 204 g/mol. The molecule has 0 aliphatic rings. The Labute approximate surface area is 78.5 Å². The summed E-state index contributed by atoms with van der Waals surface area (Å²) >= 11 is 0. The summed E-state index contributed by atoms with van der Waals surface area (Å²) in [4.78, 5) is 20.7. The van der Waals surface area contributed by atoms with Crippen LogP contribution in [0, 0.1) is 0 Å². The molecule has 0 rings (SSSR count). The van der Waals surface area contributed by atoms with Crippen molar-refractivity contribution < 1.29 is 14.3 Å². The zero-order chi connectivity index (χ0) is 7.98. The Kier molecular flexibility index (Phi) is 9.50. The van der Waals surface area contributed by atoms with E-state index in [1.807, 2.05) is 0 Å². The van der Waals surface area contributed by atoms with Crippen LogP contribution in [0.3, 0.4) is 0 Å². The topological polar surface area (TPSA) is 69.4 Å². The first-order chi connectivity index (χ1) is 4.66. The minimum absolute atomic E-state index is 0. The maximum absolute atomic E-state index is 10.5. The molecule has 0 aromatic rings. The number of hydrogen-bond donors (Lipinski definition) is 1. The molecule has 0 bridgehead atoms. The molecule has 5 heteroatoms. The van der Waals surface area contributed by atoms with Gasteiger partial charge in [-0.3, -0.25) is 9.59 Å². The fraction of sp³-hybridized carbons (Fsp3) is 0.667. The van der Waals surface area contributed by atoms with E-state index in [0.29, 0.717) is 13.0 Å². The van der Waals surface area contributed by atoms with Crippen LogP contribution in [0.25, 0.3) is 0 Å². The van der Waals surface area contributed by atoms with Gasteiger partial charge in [0.2, 0.25) is 0 Å². The number of esters is 2. The zero-order valence-electron chi connectivity index (χ0n) is 5.92. The Morgan fingerprint density at radius 3 is 2.36 bits per heavy atom. The first-order valence-corrected chi connectivity index (χ1v) is 3.08. The third kappa shape index (κ3) is 9.74. The van der Waals surface area contributed by atoms with Gasteiger partial charge in [0.1, 0.15) is 0 Å². The first kappa shape index (κ1) is 13.3. The molecule has 11 heavy (non-hydrogen) atoms. The minimum atomic E-state index is -0.568. The second-order valence-corrected chi connectivity index (χ2v) is 1.86. The van der Waals surface area contributed by atoms with Crippen molar-refractivity contribution in [2.45, 2.75) is 19.8 Å². The van der Waals surface area contributed by atoms with Gasteiger partial charge in [-0.25, -0.2) is 0 Å². The van der Waals surface area contributed by atoms with Gasteiger partial charge >= 0.3 is 31.7 Å². The number of hydrogen-bond acceptors (Lipinski definition) is 4. The van der Waals surface area contributed by atoms with Crippen molar-refractivity contribution in [2.75, 3.05) is 6.54 Å². The van der Waals surface area contributed by atoms with Gasteiger partial charge in [-0.05, 0) is 13.0 Å². The summed E-state index contributed by atoms with van der Waals surface area (Å²) in [7, 11) is 0. The molecule has 0 aromatic carbocycles. The first-order valence-electron chi connectivity index (χ1n) is 3.08. The monoisotopic (exact) mass is 217 g/mol. The Balaban J connectivity index is 0. The van der Waals surface area contributed by atoms with Gasteiger partial charge in [0.25, 0.3) is 0 Å². The van der Waals surface area contributed by atoms with Crippen molar-refractivity contribution >= 4 is 31.7 Å². The van der Waals surface area contributed by atoms with E-state index >= 15 is 0 Å². The quantitative estimate of drug-likeness (QED) is 0.360. The fourth-order valence-electron chi connectivity index (χ4n) is 0.458. The van der Waals surface area contributed by atoms with Crippen molar-refractivity contribution in [1.29, 1.82) is 0 Å². The Morgan fingerprint density at radius 1 is 1.45 bits per heavy atom. The number of rotatable bonds is 3. The van der Waals surface area contributed by atoms with E-state index < -0.39 is 11.9 Å². The number of carbonyl (C=O) groups is 2. The average molecular weight is 218 g/mol. The molecule has 0 spiro atoms. The van der Waals surface area contributed by atoms with Crippen LogP contribution in [0.5, 0.6) is 0 Å². The number of carbonyl (C=O) groups excluding carboxylic acids is 2. The van der Waals surface area contributed by atoms with E-state index in [1.54, 1.807) is 0 Å². The Hall–Kier alpha value is -0.264. The van der Waals surface area contributed by atoms with Crippen molar-refractivity contribution in [3.63, 3.8) is 0 Å². The standard InChI is InChI=1S/C6H11NO3.Ga.3H/c1-5(8)10-6(9)3-2-4-7;;;;/h2-4,7H2,1H3;;;;. The van der Waals surface area contributed by atoms with Crippen LogP contribution in [-0.4, -0.2) is 38.3 Å². The average Bonchev–Trinajstić information content (AvgIpc) is 1.82. The second-order valence-electron chi connectivity index (χ2n) is 1.86. The molecule has 0 fully saturated rings. The third-order valence-electron chi connectivity index (χ3n) is 0.843. The van der Waals surface area contributed by atoms with Crippen LogP contribution in [0.15, 0.2) is 0 Å². The molecule has 64 valence electrons. The summed E-state index contributed by atoms with van der Waals surface area (Å²) in [5.74, 6) is -1.07. The van der Waals surface area contributed by atoms with Crippen molar-refractivity contribution in [3.05, 3.63) is 0 Å². The van der Waals surface area contributed by atoms with E-state index in [0.717, 1.165) is 0 Å².